The van der Waals surface area contributed by atoms with Crippen LogP contribution < -0.4 is 25.2 Å². The minimum Gasteiger partial charge on any atom is -0.497 e. The normalized spacial score (nSPS) is 14.6. The number of hydrogen-bond acceptors (Lipinski definition) is 3. The first-order valence-corrected chi connectivity index (χ1v) is 11.3. The molecule has 2 aromatic rings. The number of anilines is 2. The third kappa shape index (κ3) is 6.61. The number of quaternary nitrogens is 1. The van der Waals surface area contributed by atoms with Crippen LogP contribution in [0.25, 0.3) is 0 Å². The summed E-state index contributed by atoms with van der Waals surface area (Å²) in [5.74, 6) is 1.46. The summed E-state index contributed by atoms with van der Waals surface area (Å²) in [6, 6.07) is 16.9. The number of thiocarbonyl (C=S) groups is 1. The second-order valence-corrected chi connectivity index (χ2v) is 8.60. The fourth-order valence-corrected chi connectivity index (χ4v) is 4.01. The maximum atomic E-state index is 5.43. The van der Waals surface area contributed by atoms with Crippen LogP contribution in [0.15, 0.2) is 48.5 Å². The molecule has 1 fully saturated rings. The van der Waals surface area contributed by atoms with Gasteiger partial charge in [-0.1, -0.05) is 26.0 Å². The Labute approximate surface area is 186 Å². The summed E-state index contributed by atoms with van der Waals surface area (Å²) in [5, 5.41) is 7.32. The molecule has 3 N–H and O–H groups in total. The lowest BCUT2D eigenvalue weighted by Crippen LogP contribution is -3.15. The van der Waals surface area contributed by atoms with Crippen LogP contribution in [-0.2, 0) is 0 Å². The fraction of sp³-hybridized carbons (Fsp3) is 0.458. The van der Waals surface area contributed by atoms with Crippen molar-refractivity contribution in [1.82, 2.24) is 5.32 Å². The largest absolute Gasteiger partial charge is 0.497 e. The first kappa shape index (κ1) is 22.4. The molecule has 0 amide bonds. The van der Waals surface area contributed by atoms with Gasteiger partial charge in [0.05, 0.1) is 39.8 Å². The average Bonchev–Trinajstić information content (AvgIpc) is 2.77. The lowest BCUT2D eigenvalue weighted by atomic mass is 10.0. The van der Waals surface area contributed by atoms with E-state index in [0.29, 0.717) is 11.0 Å². The molecule has 162 valence electrons. The minimum absolute atomic E-state index is 0.546. The number of nitrogens with one attached hydrogen (secondary N) is 3. The van der Waals surface area contributed by atoms with Gasteiger partial charge in [-0.15, -0.1) is 0 Å². The Kier molecular flexibility index (Phi) is 8.34. The van der Waals surface area contributed by atoms with E-state index in [2.05, 4.69) is 65.8 Å². The molecule has 30 heavy (non-hydrogen) atoms. The molecular formula is C24H35N4OS+. The Hall–Kier alpha value is -2.31. The van der Waals surface area contributed by atoms with Gasteiger partial charge in [-0.3, -0.25) is 0 Å². The molecule has 0 atom stereocenters. The average molecular weight is 428 g/mol. The van der Waals surface area contributed by atoms with E-state index in [-0.39, 0.29) is 0 Å². The summed E-state index contributed by atoms with van der Waals surface area (Å²) in [6.07, 6.45) is 1.12. The van der Waals surface area contributed by atoms with Crippen LogP contribution >= 0.6 is 12.2 Å². The van der Waals surface area contributed by atoms with Gasteiger partial charge in [0.1, 0.15) is 5.75 Å². The SMILES string of the molecule is COc1ccc(N2CC[NH+](CCCNC(=S)Nc3ccc(C(C)C)cc3)CC2)cc1. The molecule has 0 saturated carbocycles. The Balaban J connectivity index is 1.30. The summed E-state index contributed by atoms with van der Waals surface area (Å²) in [5.41, 5.74) is 3.67. The van der Waals surface area contributed by atoms with Crippen molar-refractivity contribution < 1.29 is 9.64 Å². The van der Waals surface area contributed by atoms with E-state index in [1.165, 1.54) is 30.9 Å². The Morgan fingerprint density at radius 1 is 1.07 bits per heavy atom. The number of piperazine rings is 1. The Morgan fingerprint density at radius 3 is 2.33 bits per heavy atom. The molecule has 0 unspecified atom stereocenters. The van der Waals surface area contributed by atoms with Crippen LogP contribution in [0.1, 0.15) is 31.7 Å². The summed E-state index contributed by atoms with van der Waals surface area (Å²) >= 11 is 5.43. The van der Waals surface area contributed by atoms with Gasteiger partial charge in [0.2, 0.25) is 0 Å². The van der Waals surface area contributed by atoms with Crippen molar-refractivity contribution >= 4 is 28.7 Å². The molecule has 0 aliphatic carbocycles. The van der Waals surface area contributed by atoms with E-state index in [4.69, 9.17) is 17.0 Å². The Morgan fingerprint density at radius 2 is 1.73 bits per heavy atom. The zero-order valence-electron chi connectivity index (χ0n) is 18.4. The smallest absolute Gasteiger partial charge is 0.170 e. The van der Waals surface area contributed by atoms with Gasteiger partial charge in [-0.25, -0.2) is 0 Å². The van der Waals surface area contributed by atoms with Crippen molar-refractivity contribution in [3.63, 3.8) is 0 Å². The van der Waals surface area contributed by atoms with Gasteiger partial charge in [0.15, 0.2) is 5.11 Å². The van der Waals surface area contributed by atoms with Crippen LogP contribution in [0.5, 0.6) is 5.75 Å². The number of benzene rings is 2. The summed E-state index contributed by atoms with van der Waals surface area (Å²) in [4.78, 5) is 4.13. The highest BCUT2D eigenvalue weighted by Crippen LogP contribution is 2.19. The van der Waals surface area contributed by atoms with Crippen LogP contribution in [0.2, 0.25) is 0 Å². The van der Waals surface area contributed by atoms with Gasteiger partial charge in [-0.2, -0.15) is 0 Å². The number of methoxy groups -OCH3 is 1. The number of rotatable bonds is 8. The van der Waals surface area contributed by atoms with Gasteiger partial charge >= 0.3 is 0 Å². The maximum absolute atomic E-state index is 5.43. The van der Waals surface area contributed by atoms with E-state index >= 15 is 0 Å². The summed E-state index contributed by atoms with van der Waals surface area (Å²) < 4.78 is 5.25. The number of hydrogen-bond donors (Lipinski definition) is 3. The molecule has 1 saturated heterocycles. The second kappa shape index (κ2) is 11.2. The Bertz CT molecular complexity index is 784. The topological polar surface area (TPSA) is 41.0 Å². The van der Waals surface area contributed by atoms with Crippen molar-refractivity contribution in [2.24, 2.45) is 0 Å². The minimum atomic E-state index is 0.546. The second-order valence-electron chi connectivity index (χ2n) is 8.20. The van der Waals surface area contributed by atoms with E-state index < -0.39 is 0 Å². The van der Waals surface area contributed by atoms with Gasteiger partial charge in [-0.05, 0) is 60.1 Å². The van der Waals surface area contributed by atoms with Gasteiger partial charge in [0, 0.05) is 24.3 Å². The maximum Gasteiger partial charge on any atom is 0.170 e. The summed E-state index contributed by atoms with van der Waals surface area (Å²) in [6.45, 7) is 11.0. The zero-order chi connectivity index (χ0) is 21.3. The zero-order valence-corrected chi connectivity index (χ0v) is 19.2. The third-order valence-corrected chi connectivity index (χ3v) is 5.98. The van der Waals surface area contributed by atoms with Crippen LogP contribution in [0.3, 0.4) is 0 Å². The highest BCUT2D eigenvalue weighted by atomic mass is 32.1. The predicted octanol–water partition coefficient (Wildman–Crippen LogP) is 2.90. The molecule has 0 spiro atoms. The van der Waals surface area contributed by atoms with E-state index in [1.54, 1.807) is 12.0 Å². The standard InChI is InChI=1S/C24H34N4OS/c1-19(2)20-5-7-21(8-6-20)26-24(30)25-13-4-14-27-15-17-28(18-16-27)22-9-11-23(29-3)12-10-22/h5-12,19H,4,13-18H2,1-3H3,(H2,25,26,30)/p+1. The lowest BCUT2D eigenvalue weighted by Gasteiger charge is -2.33. The first-order valence-electron chi connectivity index (χ1n) is 10.9. The number of nitrogens with zero attached hydrogens (tertiary/aromatic N) is 1. The molecule has 1 aliphatic rings. The first-order chi connectivity index (χ1) is 14.5. The van der Waals surface area contributed by atoms with Crippen LogP contribution in [0, 0.1) is 0 Å². The highest BCUT2D eigenvalue weighted by molar-refractivity contribution is 7.80. The van der Waals surface area contributed by atoms with Crippen molar-refractivity contribution in [2.45, 2.75) is 26.2 Å². The van der Waals surface area contributed by atoms with Crippen LogP contribution in [-0.4, -0.2) is 51.5 Å². The summed E-state index contributed by atoms with van der Waals surface area (Å²) in [7, 11) is 1.71. The van der Waals surface area contributed by atoms with Crippen molar-refractivity contribution in [3.8, 4) is 5.75 Å². The lowest BCUT2D eigenvalue weighted by molar-refractivity contribution is -0.900. The molecule has 1 heterocycles. The highest BCUT2D eigenvalue weighted by Gasteiger charge is 2.19. The van der Waals surface area contributed by atoms with Crippen molar-refractivity contribution in [3.05, 3.63) is 54.1 Å². The molecule has 6 heteroatoms. The van der Waals surface area contributed by atoms with Gasteiger partial charge < -0.3 is 25.2 Å². The molecule has 0 aromatic heterocycles. The van der Waals surface area contributed by atoms with Crippen molar-refractivity contribution in [1.29, 1.82) is 0 Å². The predicted molar refractivity (Wildman–Crippen MR) is 130 cm³/mol. The molecule has 1 aliphatic heterocycles. The fourth-order valence-electron chi connectivity index (χ4n) is 3.79. The molecule has 0 bridgehead atoms. The molecule has 3 rings (SSSR count). The van der Waals surface area contributed by atoms with Crippen LogP contribution in [0.4, 0.5) is 11.4 Å². The van der Waals surface area contributed by atoms with E-state index in [9.17, 15) is 0 Å². The third-order valence-electron chi connectivity index (χ3n) is 5.74. The monoisotopic (exact) mass is 427 g/mol. The molecule has 2 aromatic carbocycles. The van der Waals surface area contributed by atoms with E-state index in [1.807, 2.05) is 12.1 Å². The molecule has 5 nitrogen and oxygen atoms in total. The molecular weight excluding hydrogens is 392 g/mol. The molecule has 0 radical (unpaired) electrons. The van der Waals surface area contributed by atoms with Gasteiger partial charge in [0.25, 0.3) is 0 Å². The quantitative estimate of drug-likeness (QED) is 0.446. The number of ether oxygens (including phenoxy) is 1. The van der Waals surface area contributed by atoms with E-state index in [0.717, 1.165) is 37.5 Å². The van der Waals surface area contributed by atoms with Crippen molar-refractivity contribution in [2.75, 3.05) is 56.6 Å².